The second-order valence-corrected chi connectivity index (χ2v) is 7.38. The van der Waals surface area contributed by atoms with Crippen LogP contribution in [0.3, 0.4) is 0 Å². The third kappa shape index (κ3) is 3.45. The fraction of sp³-hybridized carbons (Fsp3) is 0.200. The predicted molar refractivity (Wildman–Crippen MR) is 88.8 cm³/mol. The van der Waals surface area contributed by atoms with Gasteiger partial charge in [0, 0.05) is 11.0 Å². The summed E-state index contributed by atoms with van der Waals surface area (Å²) in [7, 11) is -3.63. The van der Waals surface area contributed by atoms with Crippen LogP contribution in [-0.2, 0) is 16.6 Å². The maximum atomic E-state index is 12.6. The summed E-state index contributed by atoms with van der Waals surface area (Å²) in [6, 6.07) is 10.5. The van der Waals surface area contributed by atoms with Crippen LogP contribution in [0.2, 0.25) is 0 Å². The highest BCUT2D eigenvalue weighted by atomic mass is 79.9. The van der Waals surface area contributed by atoms with Crippen molar-refractivity contribution in [3.63, 3.8) is 0 Å². The topological polar surface area (TPSA) is 72.2 Å². The maximum Gasteiger partial charge on any atom is 0.262 e. The third-order valence-corrected chi connectivity index (χ3v) is 5.34. The minimum atomic E-state index is -3.63. The zero-order valence-corrected chi connectivity index (χ0v) is 14.3. The number of hydrogen-bond acceptors (Lipinski definition) is 3. The smallest absolute Gasteiger partial charge is 0.262 e. The van der Waals surface area contributed by atoms with E-state index in [-0.39, 0.29) is 4.90 Å². The molecule has 4 nitrogen and oxygen atoms in total. The molecule has 2 aromatic rings. The van der Waals surface area contributed by atoms with Gasteiger partial charge in [0.2, 0.25) is 0 Å². The molecule has 0 amide bonds. The van der Waals surface area contributed by atoms with E-state index in [0.717, 1.165) is 15.6 Å². The van der Waals surface area contributed by atoms with Gasteiger partial charge in [0.25, 0.3) is 10.0 Å². The molecule has 3 N–H and O–H groups in total. The van der Waals surface area contributed by atoms with Crippen LogP contribution < -0.4 is 10.5 Å². The summed E-state index contributed by atoms with van der Waals surface area (Å²) in [5.74, 6) is 0. The second kappa shape index (κ2) is 6.17. The Morgan fingerprint density at radius 1 is 1.19 bits per heavy atom. The molecule has 2 aromatic carbocycles. The minimum Gasteiger partial charge on any atom is -0.326 e. The fourth-order valence-corrected chi connectivity index (χ4v) is 4.01. The van der Waals surface area contributed by atoms with Gasteiger partial charge in [0.05, 0.1) is 10.6 Å². The number of anilines is 1. The molecule has 0 spiro atoms. The van der Waals surface area contributed by atoms with E-state index in [0.29, 0.717) is 17.8 Å². The lowest BCUT2D eigenvalue weighted by molar-refractivity contribution is 0.600. The predicted octanol–water partition coefficient (Wildman–Crippen LogP) is 3.33. The van der Waals surface area contributed by atoms with E-state index in [9.17, 15) is 8.42 Å². The number of aryl methyl sites for hydroxylation is 1. The van der Waals surface area contributed by atoms with Crippen LogP contribution in [0, 0.1) is 13.8 Å². The van der Waals surface area contributed by atoms with E-state index in [1.807, 2.05) is 19.1 Å². The molecular formula is C15H17BrN2O2S. The summed E-state index contributed by atoms with van der Waals surface area (Å²) in [4.78, 5) is 0.257. The van der Waals surface area contributed by atoms with Crippen molar-refractivity contribution >= 4 is 31.6 Å². The fourth-order valence-electron chi connectivity index (χ4n) is 2.11. The minimum absolute atomic E-state index is 0.257. The largest absolute Gasteiger partial charge is 0.326 e. The number of hydrogen-bond donors (Lipinski definition) is 2. The lowest BCUT2D eigenvalue weighted by Crippen LogP contribution is -2.16. The van der Waals surface area contributed by atoms with Gasteiger partial charge in [-0.25, -0.2) is 8.42 Å². The van der Waals surface area contributed by atoms with Gasteiger partial charge in [-0.3, -0.25) is 4.72 Å². The summed E-state index contributed by atoms with van der Waals surface area (Å²) in [6.07, 6.45) is 0. The van der Waals surface area contributed by atoms with Crippen LogP contribution in [0.15, 0.2) is 45.8 Å². The molecule has 0 aliphatic rings. The lowest BCUT2D eigenvalue weighted by atomic mass is 10.1. The summed E-state index contributed by atoms with van der Waals surface area (Å²) in [5.41, 5.74) is 8.56. The van der Waals surface area contributed by atoms with Gasteiger partial charge in [-0.2, -0.15) is 0 Å². The first-order valence-electron chi connectivity index (χ1n) is 6.42. The number of rotatable bonds is 4. The van der Waals surface area contributed by atoms with Crippen molar-refractivity contribution in [2.45, 2.75) is 25.3 Å². The van der Waals surface area contributed by atoms with Crippen LogP contribution in [0.4, 0.5) is 5.69 Å². The molecule has 112 valence electrons. The molecule has 0 aliphatic heterocycles. The Morgan fingerprint density at radius 2 is 1.90 bits per heavy atom. The van der Waals surface area contributed by atoms with E-state index in [2.05, 4.69) is 20.7 Å². The van der Waals surface area contributed by atoms with Gasteiger partial charge in [-0.15, -0.1) is 0 Å². The zero-order valence-electron chi connectivity index (χ0n) is 11.9. The zero-order chi connectivity index (χ0) is 15.6. The Bertz CT molecular complexity index is 773. The molecule has 0 saturated heterocycles. The maximum absolute atomic E-state index is 12.6. The average molecular weight is 369 g/mol. The molecule has 0 bridgehead atoms. The molecule has 21 heavy (non-hydrogen) atoms. The van der Waals surface area contributed by atoms with Crippen molar-refractivity contribution < 1.29 is 8.42 Å². The first kappa shape index (κ1) is 16.0. The van der Waals surface area contributed by atoms with Gasteiger partial charge in [0.15, 0.2) is 0 Å². The summed E-state index contributed by atoms with van der Waals surface area (Å²) < 4.78 is 28.7. The lowest BCUT2D eigenvalue weighted by Gasteiger charge is -2.14. The molecule has 6 heteroatoms. The molecular weight excluding hydrogens is 352 g/mol. The van der Waals surface area contributed by atoms with E-state index in [4.69, 9.17) is 5.73 Å². The quantitative estimate of drug-likeness (QED) is 0.869. The van der Waals surface area contributed by atoms with Crippen LogP contribution in [0.5, 0.6) is 0 Å². The molecule has 0 heterocycles. The van der Waals surface area contributed by atoms with Crippen molar-refractivity contribution in [2.75, 3.05) is 4.72 Å². The average Bonchev–Trinajstić information content (AvgIpc) is 2.42. The van der Waals surface area contributed by atoms with Crippen LogP contribution >= 0.6 is 15.9 Å². The van der Waals surface area contributed by atoms with E-state index < -0.39 is 10.0 Å². The van der Waals surface area contributed by atoms with Crippen molar-refractivity contribution in [2.24, 2.45) is 5.73 Å². The van der Waals surface area contributed by atoms with E-state index in [1.165, 1.54) is 0 Å². The van der Waals surface area contributed by atoms with Gasteiger partial charge in [-0.05, 0) is 54.8 Å². The SMILES string of the molecule is Cc1cc(Br)ccc1NS(=O)(=O)c1cccc(CN)c1C. The van der Waals surface area contributed by atoms with Crippen LogP contribution in [0.1, 0.15) is 16.7 Å². The van der Waals surface area contributed by atoms with Crippen molar-refractivity contribution in [1.82, 2.24) is 0 Å². The molecule has 0 radical (unpaired) electrons. The van der Waals surface area contributed by atoms with E-state index in [1.54, 1.807) is 31.2 Å². The highest BCUT2D eigenvalue weighted by Gasteiger charge is 2.19. The van der Waals surface area contributed by atoms with Gasteiger partial charge >= 0.3 is 0 Å². The summed E-state index contributed by atoms with van der Waals surface area (Å²) >= 11 is 3.36. The molecule has 0 aromatic heterocycles. The van der Waals surface area contributed by atoms with Crippen molar-refractivity contribution in [3.8, 4) is 0 Å². The van der Waals surface area contributed by atoms with Crippen LogP contribution in [0.25, 0.3) is 0 Å². The standard InChI is InChI=1S/C15H17BrN2O2S/c1-10-8-13(16)6-7-14(10)18-21(19,20)15-5-3-4-12(9-17)11(15)2/h3-8,18H,9,17H2,1-2H3. The second-order valence-electron chi connectivity index (χ2n) is 4.81. The number of nitrogens with one attached hydrogen (secondary N) is 1. The number of benzene rings is 2. The molecule has 0 fully saturated rings. The number of sulfonamides is 1. The Hall–Kier alpha value is -1.37. The highest BCUT2D eigenvalue weighted by molar-refractivity contribution is 9.10. The Labute approximate surface area is 133 Å². The third-order valence-electron chi connectivity index (χ3n) is 3.34. The first-order chi connectivity index (χ1) is 9.85. The van der Waals surface area contributed by atoms with Gasteiger partial charge < -0.3 is 5.73 Å². The van der Waals surface area contributed by atoms with Crippen molar-refractivity contribution in [1.29, 1.82) is 0 Å². The molecule has 0 saturated carbocycles. The first-order valence-corrected chi connectivity index (χ1v) is 8.70. The molecule has 0 unspecified atom stereocenters. The normalized spacial score (nSPS) is 11.4. The van der Waals surface area contributed by atoms with E-state index >= 15 is 0 Å². The monoisotopic (exact) mass is 368 g/mol. The Morgan fingerprint density at radius 3 is 2.52 bits per heavy atom. The van der Waals surface area contributed by atoms with Gasteiger partial charge in [-0.1, -0.05) is 28.1 Å². The molecule has 0 atom stereocenters. The summed E-state index contributed by atoms with van der Waals surface area (Å²) in [5, 5.41) is 0. The Balaban J connectivity index is 2.43. The molecule has 0 aliphatic carbocycles. The van der Waals surface area contributed by atoms with Crippen LogP contribution in [-0.4, -0.2) is 8.42 Å². The highest BCUT2D eigenvalue weighted by Crippen LogP contribution is 2.25. The number of halogens is 1. The van der Waals surface area contributed by atoms with Crippen molar-refractivity contribution in [3.05, 3.63) is 57.6 Å². The Kier molecular flexibility index (Phi) is 4.70. The number of nitrogens with two attached hydrogens (primary N) is 1. The molecule has 2 rings (SSSR count). The van der Waals surface area contributed by atoms with Gasteiger partial charge in [0.1, 0.15) is 0 Å². The summed E-state index contributed by atoms with van der Waals surface area (Å²) in [6.45, 7) is 3.93.